The number of carbonyl (C=O) groups is 1. The molecule has 7 heteroatoms. The summed E-state index contributed by atoms with van der Waals surface area (Å²) in [6.45, 7) is 0. The van der Waals surface area contributed by atoms with Crippen molar-refractivity contribution in [3.63, 3.8) is 0 Å². The molecule has 1 aromatic rings. The van der Waals surface area contributed by atoms with Crippen LogP contribution >= 0.6 is 0 Å². The van der Waals surface area contributed by atoms with Gasteiger partial charge in [0.2, 0.25) is 0 Å². The fraction of sp³-hybridized carbons (Fsp3) is 0.125. The topological polar surface area (TPSA) is 46.5 Å². The van der Waals surface area contributed by atoms with Crippen molar-refractivity contribution < 1.29 is 32.2 Å². The molecule has 15 heavy (non-hydrogen) atoms. The molecule has 0 saturated heterocycles. The van der Waals surface area contributed by atoms with Crippen LogP contribution in [0.25, 0.3) is 0 Å². The number of rotatable bonds is 3. The van der Waals surface area contributed by atoms with Gasteiger partial charge in [0.05, 0.1) is 0 Å². The van der Waals surface area contributed by atoms with Crippen LogP contribution in [-0.2, 0) is 4.79 Å². The highest BCUT2D eigenvalue weighted by molar-refractivity contribution is 5.73. The number of benzene rings is 1. The molecule has 0 bridgehead atoms. The van der Waals surface area contributed by atoms with Gasteiger partial charge >= 0.3 is 12.1 Å². The molecule has 0 fully saturated rings. The molecule has 0 aromatic heterocycles. The Morgan fingerprint density at radius 1 is 1.20 bits per heavy atom. The smallest absolute Gasteiger partial charge is 0.474 e. The lowest BCUT2D eigenvalue weighted by atomic mass is 10.3. The SMILES string of the molecule is O=C(O)C(F)(F)Oc1cc(F)cc(F)c1. The normalized spacial score (nSPS) is 11.2. The summed E-state index contributed by atoms with van der Waals surface area (Å²) in [7, 11) is 0. The predicted octanol–water partition coefficient (Wildman–Crippen LogP) is 2.02. The first-order valence-corrected chi connectivity index (χ1v) is 3.57. The van der Waals surface area contributed by atoms with Gasteiger partial charge in [-0.25, -0.2) is 13.6 Å². The number of ether oxygens (including phenoxy) is 1. The molecular formula is C8H4F4O3. The van der Waals surface area contributed by atoms with Gasteiger partial charge in [-0.2, -0.15) is 8.78 Å². The first kappa shape index (κ1) is 11.3. The van der Waals surface area contributed by atoms with Gasteiger partial charge in [0.1, 0.15) is 17.4 Å². The minimum atomic E-state index is -4.53. The Kier molecular flexibility index (Phi) is 2.83. The van der Waals surface area contributed by atoms with E-state index in [1.807, 2.05) is 0 Å². The van der Waals surface area contributed by atoms with E-state index in [9.17, 15) is 22.4 Å². The first-order chi connectivity index (χ1) is 6.81. The summed E-state index contributed by atoms with van der Waals surface area (Å²) in [5.41, 5.74) is 0. The third-order valence-corrected chi connectivity index (χ3v) is 1.33. The molecule has 0 spiro atoms. The van der Waals surface area contributed by atoms with E-state index in [0.717, 1.165) is 0 Å². The molecule has 82 valence electrons. The van der Waals surface area contributed by atoms with E-state index in [2.05, 4.69) is 4.74 Å². The molecule has 0 radical (unpaired) electrons. The van der Waals surface area contributed by atoms with Gasteiger partial charge in [0.15, 0.2) is 0 Å². The summed E-state index contributed by atoms with van der Waals surface area (Å²) in [5.74, 6) is -5.75. The lowest BCUT2D eigenvalue weighted by molar-refractivity contribution is -0.210. The molecule has 3 nitrogen and oxygen atoms in total. The van der Waals surface area contributed by atoms with Crippen LogP contribution in [0, 0.1) is 11.6 Å². The molecule has 1 rings (SSSR count). The van der Waals surface area contributed by atoms with Gasteiger partial charge < -0.3 is 9.84 Å². The maximum atomic E-state index is 12.5. The number of hydrogen-bond donors (Lipinski definition) is 1. The van der Waals surface area contributed by atoms with Crippen LogP contribution in [0.5, 0.6) is 5.75 Å². The maximum Gasteiger partial charge on any atom is 0.501 e. The summed E-state index contributed by atoms with van der Waals surface area (Å²) in [6.07, 6.45) is -4.53. The van der Waals surface area contributed by atoms with E-state index in [4.69, 9.17) is 5.11 Å². The lowest BCUT2D eigenvalue weighted by Gasteiger charge is -2.12. The van der Waals surface area contributed by atoms with Gasteiger partial charge in [-0.3, -0.25) is 0 Å². The van der Waals surface area contributed by atoms with E-state index in [1.165, 1.54) is 0 Å². The number of carboxylic acid groups (broad SMARTS) is 1. The van der Waals surface area contributed by atoms with Gasteiger partial charge in [-0.05, 0) is 0 Å². The third-order valence-electron chi connectivity index (χ3n) is 1.33. The second-order valence-electron chi connectivity index (χ2n) is 2.53. The Morgan fingerprint density at radius 2 is 1.67 bits per heavy atom. The van der Waals surface area contributed by atoms with Crippen LogP contribution in [-0.4, -0.2) is 17.2 Å². The lowest BCUT2D eigenvalue weighted by Crippen LogP contribution is -2.34. The Hall–Kier alpha value is -1.79. The van der Waals surface area contributed by atoms with Crippen molar-refractivity contribution in [2.45, 2.75) is 6.11 Å². The molecule has 0 saturated carbocycles. The minimum Gasteiger partial charge on any atom is -0.474 e. The van der Waals surface area contributed by atoms with Crippen LogP contribution in [0.1, 0.15) is 0 Å². The highest BCUT2D eigenvalue weighted by Gasteiger charge is 2.42. The predicted molar refractivity (Wildman–Crippen MR) is 39.6 cm³/mol. The van der Waals surface area contributed by atoms with Crippen LogP contribution in [0.4, 0.5) is 17.6 Å². The molecule has 0 atom stereocenters. The Labute approximate surface area is 80.9 Å². The standard InChI is InChI=1S/C8H4F4O3/c9-4-1-5(10)3-6(2-4)15-8(11,12)7(13)14/h1-3H,(H,13,14). The van der Waals surface area contributed by atoms with Crippen LogP contribution in [0.15, 0.2) is 18.2 Å². The number of halogens is 4. The summed E-state index contributed by atoms with van der Waals surface area (Å²) < 4.78 is 53.5. The second kappa shape index (κ2) is 3.76. The highest BCUT2D eigenvalue weighted by atomic mass is 19.3. The highest BCUT2D eigenvalue weighted by Crippen LogP contribution is 2.23. The van der Waals surface area contributed by atoms with E-state index in [1.54, 1.807) is 0 Å². The van der Waals surface area contributed by atoms with Gasteiger partial charge in [0, 0.05) is 18.2 Å². The van der Waals surface area contributed by atoms with E-state index in [0.29, 0.717) is 18.2 Å². The molecule has 1 aromatic carbocycles. The molecular weight excluding hydrogens is 220 g/mol. The third kappa shape index (κ3) is 2.83. The Balaban J connectivity index is 2.94. The maximum absolute atomic E-state index is 12.5. The largest absolute Gasteiger partial charge is 0.501 e. The van der Waals surface area contributed by atoms with Crippen molar-refractivity contribution in [1.29, 1.82) is 0 Å². The fourth-order valence-corrected chi connectivity index (χ4v) is 0.779. The number of carboxylic acids is 1. The zero-order valence-corrected chi connectivity index (χ0v) is 7.01. The summed E-state index contributed by atoms with van der Waals surface area (Å²) in [6, 6.07) is 1.33. The quantitative estimate of drug-likeness (QED) is 0.799. The van der Waals surface area contributed by atoms with Crippen molar-refractivity contribution in [3.05, 3.63) is 29.8 Å². The van der Waals surface area contributed by atoms with Gasteiger partial charge in [-0.1, -0.05) is 0 Å². The van der Waals surface area contributed by atoms with Crippen molar-refractivity contribution in [1.82, 2.24) is 0 Å². The number of alkyl halides is 2. The van der Waals surface area contributed by atoms with Gasteiger partial charge in [0.25, 0.3) is 0 Å². The minimum absolute atomic E-state index is 0.436. The van der Waals surface area contributed by atoms with Crippen molar-refractivity contribution in [2.75, 3.05) is 0 Å². The zero-order valence-electron chi connectivity index (χ0n) is 7.01. The average Bonchev–Trinajstić information content (AvgIpc) is 1.99. The van der Waals surface area contributed by atoms with Crippen LogP contribution < -0.4 is 4.74 Å². The Bertz CT molecular complexity index is 371. The van der Waals surface area contributed by atoms with Gasteiger partial charge in [-0.15, -0.1) is 0 Å². The molecule has 0 unspecified atom stereocenters. The average molecular weight is 224 g/mol. The summed E-state index contributed by atoms with van der Waals surface area (Å²) in [4.78, 5) is 9.93. The van der Waals surface area contributed by atoms with E-state index in [-0.39, 0.29) is 0 Å². The second-order valence-corrected chi connectivity index (χ2v) is 2.53. The van der Waals surface area contributed by atoms with Crippen LogP contribution in [0.3, 0.4) is 0 Å². The van der Waals surface area contributed by atoms with E-state index >= 15 is 0 Å². The van der Waals surface area contributed by atoms with Crippen LogP contribution in [0.2, 0.25) is 0 Å². The van der Waals surface area contributed by atoms with Crippen molar-refractivity contribution in [3.8, 4) is 5.75 Å². The first-order valence-electron chi connectivity index (χ1n) is 3.57. The summed E-state index contributed by atoms with van der Waals surface area (Å²) in [5, 5.41) is 7.98. The molecule has 0 amide bonds. The van der Waals surface area contributed by atoms with Crippen molar-refractivity contribution >= 4 is 5.97 Å². The van der Waals surface area contributed by atoms with E-state index < -0.39 is 29.5 Å². The Morgan fingerprint density at radius 3 is 2.07 bits per heavy atom. The molecule has 0 aliphatic carbocycles. The monoisotopic (exact) mass is 224 g/mol. The van der Waals surface area contributed by atoms with Crippen molar-refractivity contribution in [2.24, 2.45) is 0 Å². The fourth-order valence-electron chi connectivity index (χ4n) is 0.779. The molecule has 0 aliphatic rings. The number of aliphatic carboxylic acids is 1. The summed E-state index contributed by atoms with van der Waals surface area (Å²) >= 11 is 0. The molecule has 1 N–H and O–H groups in total. The molecule has 0 aliphatic heterocycles. The zero-order chi connectivity index (χ0) is 11.6. The number of hydrogen-bond acceptors (Lipinski definition) is 2. The molecule has 0 heterocycles.